The molecule has 0 bridgehead atoms. The zero-order valence-corrected chi connectivity index (χ0v) is 11.3. The van der Waals surface area contributed by atoms with Gasteiger partial charge in [0.2, 0.25) is 6.19 Å². The molecule has 0 N–H and O–H groups in total. The Bertz CT molecular complexity index is 578. The zero-order valence-electron chi connectivity index (χ0n) is 9.72. The highest BCUT2D eigenvalue weighted by molar-refractivity contribution is 8.27. The first-order valence-electron chi connectivity index (χ1n) is 5.33. The lowest BCUT2D eigenvalue weighted by molar-refractivity contribution is 1.32. The van der Waals surface area contributed by atoms with Crippen molar-refractivity contribution in [2.45, 2.75) is 13.3 Å². The summed E-state index contributed by atoms with van der Waals surface area (Å²) in [5, 5.41) is 10.7. The molecule has 90 valence electrons. The van der Waals surface area contributed by atoms with E-state index in [1.165, 1.54) is 17.3 Å². The Labute approximate surface area is 115 Å². The lowest BCUT2D eigenvalue weighted by atomic mass is 10.2. The number of rotatable bonds is 2. The van der Waals surface area contributed by atoms with Crippen LogP contribution in [-0.4, -0.2) is 10.1 Å². The fraction of sp³-hybridized carbons (Fsp3) is 0.154. The van der Waals surface area contributed by atoms with E-state index in [2.05, 4.69) is 9.98 Å². The van der Waals surface area contributed by atoms with Crippen molar-refractivity contribution in [3.63, 3.8) is 0 Å². The first kappa shape index (κ1) is 12.9. The lowest BCUT2D eigenvalue weighted by Gasteiger charge is -1.98. The van der Waals surface area contributed by atoms with E-state index in [1.54, 1.807) is 13.1 Å². The van der Waals surface area contributed by atoms with Crippen LogP contribution in [-0.2, 0) is 6.42 Å². The second kappa shape index (κ2) is 5.85. The summed E-state index contributed by atoms with van der Waals surface area (Å²) in [5.74, 6) is 0. The van der Waals surface area contributed by atoms with Crippen molar-refractivity contribution in [3.05, 3.63) is 46.6 Å². The van der Waals surface area contributed by atoms with E-state index in [0.29, 0.717) is 15.8 Å². The van der Waals surface area contributed by atoms with E-state index in [4.69, 9.17) is 16.9 Å². The standard InChI is InChI=1S/C13H10ClN3S/c1-9(14)12-13(16-8-15)18-11(17-12)7-10-5-3-2-4-6-10/h2-6H,7H2,1H3/b12-9-,16-13?. The second-order valence-corrected chi connectivity index (χ2v) is 5.30. The van der Waals surface area contributed by atoms with E-state index >= 15 is 0 Å². The van der Waals surface area contributed by atoms with Gasteiger partial charge in [0.05, 0.1) is 5.04 Å². The molecule has 0 radical (unpaired) electrons. The monoisotopic (exact) mass is 275 g/mol. The molecule has 0 atom stereocenters. The summed E-state index contributed by atoms with van der Waals surface area (Å²) in [6, 6.07) is 10.0. The van der Waals surface area contributed by atoms with Gasteiger partial charge in [0.1, 0.15) is 10.7 Å². The van der Waals surface area contributed by atoms with Crippen LogP contribution in [0.5, 0.6) is 0 Å². The van der Waals surface area contributed by atoms with Crippen molar-refractivity contribution in [1.82, 2.24) is 0 Å². The number of benzene rings is 1. The van der Waals surface area contributed by atoms with Crippen LogP contribution in [0.1, 0.15) is 12.5 Å². The smallest absolute Gasteiger partial charge is 0.206 e. The Morgan fingerprint density at radius 1 is 1.44 bits per heavy atom. The number of hydrogen-bond acceptors (Lipinski definition) is 4. The van der Waals surface area contributed by atoms with Crippen molar-refractivity contribution in [2.75, 3.05) is 0 Å². The molecule has 1 aromatic rings. The quantitative estimate of drug-likeness (QED) is 0.772. The summed E-state index contributed by atoms with van der Waals surface area (Å²) in [6.45, 7) is 1.75. The molecule has 1 aromatic carbocycles. The zero-order chi connectivity index (χ0) is 13.0. The highest BCUT2D eigenvalue weighted by Crippen LogP contribution is 2.30. The van der Waals surface area contributed by atoms with Gasteiger partial charge in [0.25, 0.3) is 0 Å². The van der Waals surface area contributed by atoms with E-state index in [1.807, 2.05) is 30.3 Å². The summed E-state index contributed by atoms with van der Waals surface area (Å²) in [7, 11) is 0. The third-order valence-corrected chi connectivity index (χ3v) is 3.46. The molecule has 1 heterocycles. The van der Waals surface area contributed by atoms with E-state index in [9.17, 15) is 0 Å². The predicted molar refractivity (Wildman–Crippen MR) is 76.8 cm³/mol. The van der Waals surface area contributed by atoms with Crippen molar-refractivity contribution in [1.29, 1.82) is 5.26 Å². The first-order chi connectivity index (χ1) is 8.70. The predicted octanol–water partition coefficient (Wildman–Crippen LogP) is 3.72. The fourth-order valence-corrected chi connectivity index (χ4v) is 2.72. The van der Waals surface area contributed by atoms with Crippen molar-refractivity contribution in [3.8, 4) is 6.19 Å². The van der Waals surface area contributed by atoms with E-state index in [-0.39, 0.29) is 0 Å². The number of nitrogens with zero attached hydrogens (tertiary/aromatic N) is 3. The summed E-state index contributed by atoms with van der Waals surface area (Å²) >= 11 is 7.35. The van der Waals surface area contributed by atoms with Gasteiger partial charge in [-0.3, -0.25) is 0 Å². The van der Waals surface area contributed by atoms with Gasteiger partial charge < -0.3 is 0 Å². The number of hydrogen-bond donors (Lipinski definition) is 0. The van der Waals surface area contributed by atoms with Crippen LogP contribution < -0.4 is 0 Å². The molecule has 5 heteroatoms. The number of halogens is 1. The molecule has 0 fully saturated rings. The van der Waals surface area contributed by atoms with Crippen molar-refractivity contribution < 1.29 is 0 Å². The van der Waals surface area contributed by atoms with Crippen LogP contribution in [0, 0.1) is 11.5 Å². The maximum absolute atomic E-state index is 8.63. The summed E-state index contributed by atoms with van der Waals surface area (Å²) in [5.41, 5.74) is 1.78. The van der Waals surface area contributed by atoms with Gasteiger partial charge in [-0.2, -0.15) is 10.3 Å². The van der Waals surface area contributed by atoms with Crippen LogP contribution in [0.4, 0.5) is 0 Å². The van der Waals surface area contributed by atoms with Gasteiger partial charge in [0, 0.05) is 11.5 Å². The Morgan fingerprint density at radius 3 is 2.78 bits per heavy atom. The maximum atomic E-state index is 8.63. The van der Waals surface area contributed by atoms with Crippen LogP contribution in [0.2, 0.25) is 0 Å². The molecule has 0 spiro atoms. The molecule has 0 saturated heterocycles. The normalized spacial score (nSPS) is 19.6. The number of allylic oxidation sites excluding steroid dienone is 1. The number of nitriles is 1. The van der Waals surface area contributed by atoms with Crippen LogP contribution in [0.15, 0.2) is 51.0 Å². The maximum Gasteiger partial charge on any atom is 0.206 e. The molecular weight excluding hydrogens is 266 g/mol. The van der Waals surface area contributed by atoms with Crippen LogP contribution in [0.25, 0.3) is 0 Å². The third-order valence-electron chi connectivity index (χ3n) is 2.33. The lowest BCUT2D eigenvalue weighted by Crippen LogP contribution is -1.95. The van der Waals surface area contributed by atoms with Crippen LogP contribution in [0.3, 0.4) is 0 Å². The van der Waals surface area contributed by atoms with E-state index < -0.39 is 0 Å². The SMILES string of the molecule is C/C(Cl)=C1/N=C(Cc2ccccc2)SC1=NC#N. The number of aliphatic imine (C=N–C) groups is 2. The average molecular weight is 276 g/mol. The molecule has 0 aliphatic carbocycles. The van der Waals surface area contributed by atoms with Gasteiger partial charge >= 0.3 is 0 Å². The third kappa shape index (κ3) is 3.00. The highest BCUT2D eigenvalue weighted by atomic mass is 35.5. The molecule has 0 amide bonds. The highest BCUT2D eigenvalue weighted by Gasteiger charge is 2.22. The Morgan fingerprint density at radius 2 is 2.17 bits per heavy atom. The largest absolute Gasteiger partial charge is 0.242 e. The fourth-order valence-electron chi connectivity index (χ4n) is 1.55. The molecule has 0 aromatic heterocycles. The van der Waals surface area contributed by atoms with Gasteiger partial charge in [0.15, 0.2) is 0 Å². The van der Waals surface area contributed by atoms with Crippen LogP contribution >= 0.6 is 23.4 Å². The average Bonchev–Trinajstić information content (AvgIpc) is 2.74. The molecule has 18 heavy (non-hydrogen) atoms. The molecule has 2 rings (SSSR count). The molecule has 0 saturated carbocycles. The Hall–Kier alpha value is -1.57. The minimum Gasteiger partial charge on any atom is -0.242 e. The van der Waals surface area contributed by atoms with Gasteiger partial charge in [-0.05, 0) is 12.5 Å². The molecule has 1 aliphatic heterocycles. The molecule has 1 aliphatic rings. The topological polar surface area (TPSA) is 48.5 Å². The Kier molecular flexibility index (Phi) is 4.19. The first-order valence-corrected chi connectivity index (χ1v) is 6.53. The minimum atomic E-state index is 0.555. The van der Waals surface area contributed by atoms with E-state index in [0.717, 1.165) is 11.5 Å². The number of thioether (sulfide) groups is 1. The van der Waals surface area contributed by atoms with Crippen molar-refractivity contribution >= 4 is 33.5 Å². The summed E-state index contributed by atoms with van der Waals surface area (Å²) < 4.78 is 0. The molecular formula is C13H10ClN3S. The van der Waals surface area contributed by atoms with Gasteiger partial charge in [-0.25, -0.2) is 4.99 Å². The van der Waals surface area contributed by atoms with Gasteiger partial charge in [-0.15, -0.1) is 0 Å². The van der Waals surface area contributed by atoms with Crippen molar-refractivity contribution in [2.24, 2.45) is 9.98 Å². The molecule has 0 unspecified atom stereocenters. The van der Waals surface area contributed by atoms with Gasteiger partial charge in [-0.1, -0.05) is 53.7 Å². The second-order valence-electron chi connectivity index (χ2n) is 3.67. The minimum absolute atomic E-state index is 0.555. The summed E-state index contributed by atoms with van der Waals surface area (Å²) in [4.78, 5) is 8.17. The summed E-state index contributed by atoms with van der Waals surface area (Å²) in [6.07, 6.45) is 2.51. The molecule has 3 nitrogen and oxygen atoms in total. The Balaban J connectivity index is 2.23.